The van der Waals surface area contributed by atoms with E-state index in [2.05, 4.69) is 29.8 Å². The van der Waals surface area contributed by atoms with Gasteiger partial charge in [0, 0.05) is 12.8 Å². The first-order valence-corrected chi connectivity index (χ1v) is 6.27. The van der Waals surface area contributed by atoms with E-state index in [-0.39, 0.29) is 11.6 Å². The van der Waals surface area contributed by atoms with E-state index in [1.807, 2.05) is 0 Å². The molecule has 0 aliphatic rings. The molecular formula is C13H16BrFO. The zero-order chi connectivity index (χ0) is 12.1. The van der Waals surface area contributed by atoms with E-state index in [0.29, 0.717) is 23.2 Å². The Bertz CT molecular complexity index is 376. The molecule has 16 heavy (non-hydrogen) atoms. The predicted octanol–water partition coefficient (Wildman–Crippen LogP) is 4.14. The molecule has 3 heteroatoms. The van der Waals surface area contributed by atoms with E-state index in [0.717, 1.165) is 12.0 Å². The molecule has 0 aliphatic carbocycles. The van der Waals surface area contributed by atoms with Crippen molar-refractivity contribution in [2.24, 2.45) is 5.92 Å². The lowest BCUT2D eigenvalue weighted by Gasteiger charge is -2.07. The summed E-state index contributed by atoms with van der Waals surface area (Å²) in [6.07, 6.45) is 2.01. The summed E-state index contributed by atoms with van der Waals surface area (Å²) >= 11 is 3.11. The van der Waals surface area contributed by atoms with Crippen LogP contribution in [0.1, 0.15) is 32.3 Å². The molecule has 88 valence electrons. The van der Waals surface area contributed by atoms with Crippen LogP contribution < -0.4 is 0 Å². The normalized spacial score (nSPS) is 12.5. The zero-order valence-electron chi connectivity index (χ0n) is 9.59. The number of carbonyl (C=O) groups is 1. The first-order valence-electron chi connectivity index (χ1n) is 5.48. The van der Waals surface area contributed by atoms with Crippen LogP contribution in [0.15, 0.2) is 22.7 Å². The van der Waals surface area contributed by atoms with E-state index in [1.54, 1.807) is 12.1 Å². The lowest BCUT2D eigenvalue weighted by atomic mass is 9.98. The molecule has 1 rings (SSSR count). The Morgan fingerprint density at radius 1 is 1.50 bits per heavy atom. The molecule has 0 saturated carbocycles. The second-order valence-corrected chi connectivity index (χ2v) is 5.04. The maximum Gasteiger partial charge on any atom is 0.137 e. The summed E-state index contributed by atoms with van der Waals surface area (Å²) in [4.78, 5) is 11.7. The molecule has 1 atom stereocenters. The first kappa shape index (κ1) is 13.4. The third-order valence-corrected chi connectivity index (χ3v) is 3.27. The molecule has 0 fully saturated rings. The first-order chi connectivity index (χ1) is 7.52. The number of halogens is 2. The number of carbonyl (C=O) groups excluding carboxylic acids is 1. The van der Waals surface area contributed by atoms with Crippen molar-refractivity contribution >= 4 is 21.7 Å². The van der Waals surface area contributed by atoms with Gasteiger partial charge in [-0.05, 0) is 39.5 Å². The molecule has 0 radical (unpaired) electrons. The molecule has 1 aromatic carbocycles. The molecular weight excluding hydrogens is 271 g/mol. The minimum atomic E-state index is -0.293. The second kappa shape index (κ2) is 6.14. The van der Waals surface area contributed by atoms with Gasteiger partial charge < -0.3 is 0 Å². The SMILES string of the molecule is CCC(C)CC(=O)Cc1ccc(F)c(Br)c1. The van der Waals surface area contributed by atoms with Gasteiger partial charge in [0.25, 0.3) is 0 Å². The maximum absolute atomic E-state index is 13.0. The van der Waals surface area contributed by atoms with Gasteiger partial charge in [0.2, 0.25) is 0 Å². The summed E-state index contributed by atoms with van der Waals surface area (Å²) in [5.41, 5.74) is 0.863. The van der Waals surface area contributed by atoms with E-state index in [1.165, 1.54) is 6.07 Å². The molecule has 0 N–H and O–H groups in total. The van der Waals surface area contributed by atoms with Gasteiger partial charge >= 0.3 is 0 Å². The van der Waals surface area contributed by atoms with Crippen molar-refractivity contribution in [3.8, 4) is 0 Å². The average molecular weight is 287 g/mol. The van der Waals surface area contributed by atoms with E-state index in [9.17, 15) is 9.18 Å². The van der Waals surface area contributed by atoms with Crippen molar-refractivity contribution < 1.29 is 9.18 Å². The predicted molar refractivity (Wildman–Crippen MR) is 66.9 cm³/mol. The Labute approximate surface area is 104 Å². The molecule has 0 spiro atoms. The van der Waals surface area contributed by atoms with E-state index in [4.69, 9.17) is 0 Å². The summed E-state index contributed by atoms with van der Waals surface area (Å²) in [5.74, 6) is 0.349. The maximum atomic E-state index is 13.0. The molecule has 1 nitrogen and oxygen atoms in total. The van der Waals surface area contributed by atoms with Crippen LogP contribution in [0.25, 0.3) is 0 Å². The molecule has 0 aromatic heterocycles. The van der Waals surface area contributed by atoms with Crippen molar-refractivity contribution in [1.82, 2.24) is 0 Å². The number of rotatable bonds is 5. The van der Waals surface area contributed by atoms with Gasteiger partial charge in [-0.1, -0.05) is 26.3 Å². The van der Waals surface area contributed by atoms with Crippen molar-refractivity contribution in [3.05, 3.63) is 34.1 Å². The Balaban J connectivity index is 2.59. The fourth-order valence-corrected chi connectivity index (χ4v) is 1.91. The Hall–Kier alpha value is -0.700. The van der Waals surface area contributed by atoms with E-state index >= 15 is 0 Å². The van der Waals surface area contributed by atoms with Gasteiger partial charge in [0.1, 0.15) is 11.6 Å². The van der Waals surface area contributed by atoms with Crippen LogP contribution in [-0.2, 0) is 11.2 Å². The Morgan fingerprint density at radius 2 is 2.19 bits per heavy atom. The summed E-state index contributed by atoms with van der Waals surface area (Å²) in [6, 6.07) is 4.72. The fraction of sp³-hybridized carbons (Fsp3) is 0.462. The number of hydrogen-bond acceptors (Lipinski definition) is 1. The second-order valence-electron chi connectivity index (χ2n) is 4.18. The van der Waals surface area contributed by atoms with Gasteiger partial charge in [-0.25, -0.2) is 4.39 Å². The Kier molecular flexibility index (Phi) is 5.13. The van der Waals surface area contributed by atoms with Crippen LogP contribution in [0.2, 0.25) is 0 Å². The molecule has 0 amide bonds. The highest BCUT2D eigenvalue weighted by Crippen LogP contribution is 2.18. The molecule has 0 aliphatic heterocycles. The third-order valence-electron chi connectivity index (χ3n) is 2.66. The van der Waals surface area contributed by atoms with Crippen LogP contribution in [-0.4, -0.2) is 5.78 Å². The van der Waals surface area contributed by atoms with Crippen LogP contribution in [0.5, 0.6) is 0 Å². The van der Waals surface area contributed by atoms with Crippen LogP contribution >= 0.6 is 15.9 Å². The minimum absolute atomic E-state index is 0.216. The zero-order valence-corrected chi connectivity index (χ0v) is 11.2. The number of hydrogen-bond donors (Lipinski definition) is 0. The minimum Gasteiger partial charge on any atom is -0.299 e. The van der Waals surface area contributed by atoms with Crippen LogP contribution in [0, 0.1) is 11.7 Å². The summed E-state index contributed by atoms with van der Waals surface area (Å²) in [5, 5.41) is 0. The monoisotopic (exact) mass is 286 g/mol. The van der Waals surface area contributed by atoms with Gasteiger partial charge in [0.15, 0.2) is 0 Å². The molecule has 0 heterocycles. The van der Waals surface area contributed by atoms with Gasteiger partial charge in [-0.15, -0.1) is 0 Å². The average Bonchev–Trinajstić information content (AvgIpc) is 2.23. The standard InChI is InChI=1S/C13H16BrFO/c1-3-9(2)6-11(16)7-10-4-5-13(15)12(14)8-10/h4-5,8-9H,3,6-7H2,1-2H3. The topological polar surface area (TPSA) is 17.1 Å². The van der Waals surface area contributed by atoms with Gasteiger partial charge in [-0.3, -0.25) is 4.79 Å². The van der Waals surface area contributed by atoms with Gasteiger partial charge in [-0.2, -0.15) is 0 Å². The number of Topliss-reactive ketones (excluding diaryl/α,β-unsaturated/α-hetero) is 1. The third kappa shape index (κ3) is 4.05. The quantitative estimate of drug-likeness (QED) is 0.795. The highest BCUT2D eigenvalue weighted by atomic mass is 79.9. The summed E-state index contributed by atoms with van der Waals surface area (Å²) < 4.78 is 13.4. The van der Waals surface area contributed by atoms with Crippen molar-refractivity contribution in [2.45, 2.75) is 33.1 Å². The Morgan fingerprint density at radius 3 is 2.75 bits per heavy atom. The van der Waals surface area contributed by atoms with Gasteiger partial charge in [0.05, 0.1) is 4.47 Å². The largest absolute Gasteiger partial charge is 0.299 e. The van der Waals surface area contributed by atoms with E-state index < -0.39 is 0 Å². The lowest BCUT2D eigenvalue weighted by molar-refractivity contribution is -0.119. The molecule has 1 aromatic rings. The lowest BCUT2D eigenvalue weighted by Crippen LogP contribution is -2.07. The highest BCUT2D eigenvalue weighted by molar-refractivity contribution is 9.10. The number of benzene rings is 1. The van der Waals surface area contributed by atoms with Crippen molar-refractivity contribution in [3.63, 3.8) is 0 Å². The molecule has 1 unspecified atom stereocenters. The summed E-state index contributed by atoms with van der Waals surface area (Å²) in [7, 11) is 0. The van der Waals surface area contributed by atoms with Crippen molar-refractivity contribution in [2.75, 3.05) is 0 Å². The molecule has 0 bridgehead atoms. The summed E-state index contributed by atoms with van der Waals surface area (Å²) in [6.45, 7) is 4.14. The fourth-order valence-electron chi connectivity index (χ4n) is 1.48. The molecule has 0 saturated heterocycles. The van der Waals surface area contributed by atoms with Crippen LogP contribution in [0.3, 0.4) is 0 Å². The highest BCUT2D eigenvalue weighted by Gasteiger charge is 2.09. The van der Waals surface area contributed by atoms with Crippen molar-refractivity contribution in [1.29, 1.82) is 0 Å². The van der Waals surface area contributed by atoms with Crippen LogP contribution in [0.4, 0.5) is 4.39 Å². The number of ketones is 1. The smallest absolute Gasteiger partial charge is 0.137 e.